The van der Waals surface area contributed by atoms with E-state index >= 15 is 0 Å². The minimum absolute atomic E-state index is 0.0429. The summed E-state index contributed by atoms with van der Waals surface area (Å²) in [7, 11) is 1.97. The van der Waals surface area contributed by atoms with Crippen molar-refractivity contribution in [2.45, 2.75) is 58.9 Å². The van der Waals surface area contributed by atoms with Crippen LogP contribution in [0.3, 0.4) is 0 Å². The van der Waals surface area contributed by atoms with Crippen LogP contribution in [0, 0.1) is 37.0 Å². The van der Waals surface area contributed by atoms with E-state index in [1.54, 1.807) is 0 Å². The normalized spacial score (nSPS) is 35.9. The molecule has 0 saturated heterocycles. The van der Waals surface area contributed by atoms with Crippen molar-refractivity contribution in [1.82, 2.24) is 15.1 Å². The lowest BCUT2D eigenvalue weighted by Crippen LogP contribution is -2.53. The molecule has 1 N–H and O–H groups in total. The number of carbonyl (C=O) groups excluding carboxylic acids is 1. The predicted octanol–water partition coefficient (Wildman–Crippen LogP) is 2.87. The first-order valence-corrected chi connectivity index (χ1v) is 8.74. The van der Waals surface area contributed by atoms with Crippen molar-refractivity contribution in [3.63, 3.8) is 0 Å². The van der Waals surface area contributed by atoms with Gasteiger partial charge in [-0.05, 0) is 70.1 Å². The first kappa shape index (κ1) is 14.3. The second kappa shape index (κ2) is 4.84. The highest BCUT2D eigenvalue weighted by atomic mass is 16.2. The standard InChI is InChI=1S/C18H27N3O/c1-11-16(12(2)21(3)20-11)10-19-17(22)18-7-13-4-14(8-18)6-15(5-13)9-18/h13-15H,4-10H2,1-3H3,(H,19,22). The minimum Gasteiger partial charge on any atom is -0.351 e. The van der Waals surface area contributed by atoms with E-state index in [-0.39, 0.29) is 5.41 Å². The van der Waals surface area contributed by atoms with Gasteiger partial charge in [-0.2, -0.15) is 5.10 Å². The second-order valence-electron chi connectivity index (χ2n) is 8.15. The van der Waals surface area contributed by atoms with E-state index in [9.17, 15) is 4.79 Å². The van der Waals surface area contributed by atoms with Crippen molar-refractivity contribution < 1.29 is 4.79 Å². The van der Waals surface area contributed by atoms with Gasteiger partial charge in [0.2, 0.25) is 5.91 Å². The van der Waals surface area contributed by atoms with E-state index in [4.69, 9.17) is 0 Å². The van der Waals surface area contributed by atoms with E-state index < -0.39 is 0 Å². The first-order chi connectivity index (χ1) is 10.5. The van der Waals surface area contributed by atoms with Gasteiger partial charge in [0.1, 0.15) is 0 Å². The van der Waals surface area contributed by atoms with Crippen molar-refractivity contribution in [3.05, 3.63) is 17.0 Å². The molecule has 1 amide bonds. The molecule has 4 fully saturated rings. The number of nitrogens with one attached hydrogen (secondary N) is 1. The zero-order valence-electron chi connectivity index (χ0n) is 14.0. The number of aromatic nitrogens is 2. The smallest absolute Gasteiger partial charge is 0.226 e. The molecular formula is C18H27N3O. The summed E-state index contributed by atoms with van der Waals surface area (Å²) < 4.78 is 1.90. The third-order valence-electron chi connectivity index (χ3n) is 6.60. The lowest BCUT2D eigenvalue weighted by atomic mass is 9.49. The van der Waals surface area contributed by atoms with Gasteiger partial charge in [0, 0.05) is 30.3 Å². The van der Waals surface area contributed by atoms with Gasteiger partial charge in [0.15, 0.2) is 0 Å². The van der Waals surface area contributed by atoms with Crippen LogP contribution in [0.15, 0.2) is 0 Å². The molecule has 22 heavy (non-hydrogen) atoms. The van der Waals surface area contributed by atoms with Gasteiger partial charge in [0.05, 0.1) is 5.69 Å². The van der Waals surface area contributed by atoms with Crippen LogP contribution in [0.2, 0.25) is 0 Å². The zero-order chi connectivity index (χ0) is 15.5. The molecule has 4 aliphatic carbocycles. The molecule has 0 aromatic carbocycles. The molecule has 4 saturated carbocycles. The Morgan fingerprint density at radius 3 is 2.18 bits per heavy atom. The van der Waals surface area contributed by atoms with Crippen LogP contribution in [-0.4, -0.2) is 15.7 Å². The van der Waals surface area contributed by atoms with Crippen molar-refractivity contribution >= 4 is 5.91 Å². The summed E-state index contributed by atoms with van der Waals surface area (Å²) in [6.07, 6.45) is 7.55. The molecular weight excluding hydrogens is 274 g/mol. The summed E-state index contributed by atoms with van der Waals surface area (Å²) >= 11 is 0. The van der Waals surface area contributed by atoms with Crippen LogP contribution in [0.25, 0.3) is 0 Å². The van der Waals surface area contributed by atoms with E-state index in [2.05, 4.69) is 17.3 Å². The molecule has 0 aliphatic heterocycles. The van der Waals surface area contributed by atoms with Gasteiger partial charge in [-0.3, -0.25) is 9.48 Å². The van der Waals surface area contributed by atoms with Crippen LogP contribution in [0.4, 0.5) is 0 Å². The first-order valence-electron chi connectivity index (χ1n) is 8.74. The monoisotopic (exact) mass is 301 g/mol. The van der Waals surface area contributed by atoms with Gasteiger partial charge < -0.3 is 5.32 Å². The van der Waals surface area contributed by atoms with Gasteiger partial charge in [-0.1, -0.05) is 0 Å². The average molecular weight is 301 g/mol. The summed E-state index contributed by atoms with van der Waals surface area (Å²) in [5.41, 5.74) is 3.33. The van der Waals surface area contributed by atoms with Gasteiger partial charge in [-0.15, -0.1) is 0 Å². The molecule has 0 spiro atoms. The molecule has 4 aliphatic rings. The number of amides is 1. The quantitative estimate of drug-likeness (QED) is 0.933. The average Bonchev–Trinajstić information content (AvgIpc) is 2.68. The Bertz CT molecular complexity index is 581. The summed E-state index contributed by atoms with van der Waals surface area (Å²) in [5, 5.41) is 7.70. The predicted molar refractivity (Wildman–Crippen MR) is 85.1 cm³/mol. The molecule has 0 atom stereocenters. The Kier molecular flexibility index (Phi) is 3.14. The fraction of sp³-hybridized carbons (Fsp3) is 0.778. The molecule has 1 heterocycles. The van der Waals surface area contributed by atoms with Gasteiger partial charge in [0.25, 0.3) is 0 Å². The summed E-state index contributed by atoms with van der Waals surface area (Å²) in [6.45, 7) is 4.73. The molecule has 0 radical (unpaired) electrons. The highest BCUT2D eigenvalue weighted by molar-refractivity contribution is 5.83. The Morgan fingerprint density at radius 2 is 1.73 bits per heavy atom. The fourth-order valence-electron chi connectivity index (χ4n) is 5.82. The fourth-order valence-corrected chi connectivity index (χ4v) is 5.82. The number of nitrogens with zero attached hydrogens (tertiary/aromatic N) is 2. The van der Waals surface area contributed by atoms with Gasteiger partial charge >= 0.3 is 0 Å². The molecule has 5 rings (SSSR count). The summed E-state index contributed by atoms with van der Waals surface area (Å²) in [4.78, 5) is 13.0. The molecule has 1 aromatic rings. The largest absolute Gasteiger partial charge is 0.351 e. The van der Waals surface area contributed by atoms with Crippen LogP contribution in [0.1, 0.15) is 55.5 Å². The van der Waals surface area contributed by atoms with Crippen molar-refractivity contribution in [2.24, 2.45) is 30.2 Å². The van der Waals surface area contributed by atoms with Crippen LogP contribution in [0.5, 0.6) is 0 Å². The molecule has 120 valence electrons. The third-order valence-corrected chi connectivity index (χ3v) is 6.60. The van der Waals surface area contributed by atoms with E-state index in [0.29, 0.717) is 12.5 Å². The molecule has 4 nitrogen and oxygen atoms in total. The number of hydrogen-bond acceptors (Lipinski definition) is 2. The highest BCUT2D eigenvalue weighted by Gasteiger charge is 2.54. The number of aryl methyl sites for hydroxylation is 2. The van der Waals surface area contributed by atoms with Crippen molar-refractivity contribution in [1.29, 1.82) is 0 Å². The topological polar surface area (TPSA) is 46.9 Å². The maximum atomic E-state index is 13.0. The Labute approximate surface area is 132 Å². The molecule has 4 heteroatoms. The van der Waals surface area contributed by atoms with E-state index in [1.807, 2.05) is 18.7 Å². The van der Waals surface area contributed by atoms with Crippen molar-refractivity contribution in [2.75, 3.05) is 0 Å². The van der Waals surface area contributed by atoms with Crippen LogP contribution >= 0.6 is 0 Å². The van der Waals surface area contributed by atoms with E-state index in [1.165, 1.54) is 24.8 Å². The van der Waals surface area contributed by atoms with Crippen LogP contribution < -0.4 is 5.32 Å². The number of rotatable bonds is 3. The highest BCUT2D eigenvalue weighted by Crippen LogP contribution is 2.60. The SMILES string of the molecule is Cc1nn(C)c(C)c1CNC(=O)C12CC3CC(CC(C3)C1)C2. The number of carbonyl (C=O) groups is 1. The Balaban J connectivity index is 1.48. The maximum Gasteiger partial charge on any atom is 0.226 e. The zero-order valence-corrected chi connectivity index (χ0v) is 14.0. The van der Waals surface area contributed by atoms with Crippen molar-refractivity contribution in [3.8, 4) is 0 Å². The van der Waals surface area contributed by atoms with E-state index in [0.717, 1.165) is 48.4 Å². The minimum atomic E-state index is -0.0429. The van der Waals surface area contributed by atoms with Crippen LogP contribution in [-0.2, 0) is 18.4 Å². The lowest BCUT2D eigenvalue weighted by Gasteiger charge is -2.55. The number of hydrogen-bond donors (Lipinski definition) is 1. The summed E-state index contributed by atoms with van der Waals surface area (Å²) in [6, 6.07) is 0. The maximum absolute atomic E-state index is 13.0. The Hall–Kier alpha value is -1.32. The lowest BCUT2D eigenvalue weighted by molar-refractivity contribution is -0.146. The molecule has 0 unspecified atom stereocenters. The molecule has 4 bridgehead atoms. The third kappa shape index (κ3) is 2.10. The van der Waals surface area contributed by atoms with Gasteiger partial charge in [-0.25, -0.2) is 0 Å². The molecule has 1 aromatic heterocycles. The summed E-state index contributed by atoms with van der Waals surface area (Å²) in [5.74, 6) is 2.77. The Morgan fingerprint density at radius 1 is 1.18 bits per heavy atom. The second-order valence-corrected chi connectivity index (χ2v) is 8.15.